The molecule has 2 N–H and O–H groups in total. The van der Waals surface area contributed by atoms with Gasteiger partial charge < -0.3 is 5.73 Å². The lowest BCUT2D eigenvalue weighted by Gasteiger charge is -2.06. The first kappa shape index (κ1) is 14.8. The molecule has 0 aromatic heterocycles. The molecule has 2 rings (SSSR count). The fourth-order valence-corrected chi connectivity index (χ4v) is 3.10. The number of nitrogens with two attached hydrogens (primary N) is 1. The van der Waals surface area contributed by atoms with Crippen molar-refractivity contribution in [3.8, 4) is 11.1 Å². The highest BCUT2D eigenvalue weighted by molar-refractivity contribution is 7.84. The van der Waals surface area contributed by atoms with E-state index in [1.165, 1.54) is 0 Å². The van der Waals surface area contributed by atoms with Gasteiger partial charge in [-0.05, 0) is 17.2 Å². The summed E-state index contributed by atoms with van der Waals surface area (Å²) in [6.45, 7) is 0. The van der Waals surface area contributed by atoms with E-state index in [1.807, 2.05) is 48.5 Å². The minimum absolute atomic E-state index is 0.105. The first-order chi connectivity index (χ1) is 9.56. The Labute approximate surface area is 125 Å². The van der Waals surface area contributed by atoms with Gasteiger partial charge in [-0.3, -0.25) is 9.00 Å². The summed E-state index contributed by atoms with van der Waals surface area (Å²) in [4.78, 5) is 10.7. The lowest BCUT2D eigenvalue weighted by Crippen LogP contribution is -2.20. The highest BCUT2D eigenvalue weighted by atomic mass is 35.5. The number of primary amides is 1. The van der Waals surface area contributed by atoms with Crippen molar-refractivity contribution in [2.75, 3.05) is 5.75 Å². The van der Waals surface area contributed by atoms with Crippen LogP contribution >= 0.6 is 11.6 Å². The number of carbonyl (C=O) groups excluding carboxylic acids is 1. The third-order valence-electron chi connectivity index (χ3n) is 2.77. The molecular formula is C15H14ClNO2S. The molecule has 20 heavy (non-hydrogen) atoms. The van der Waals surface area contributed by atoms with Crippen molar-refractivity contribution in [1.29, 1.82) is 0 Å². The minimum atomic E-state index is -1.26. The van der Waals surface area contributed by atoms with Crippen molar-refractivity contribution < 1.29 is 9.00 Å². The van der Waals surface area contributed by atoms with E-state index in [0.29, 0.717) is 10.8 Å². The number of rotatable bonds is 5. The third kappa shape index (κ3) is 3.92. The van der Waals surface area contributed by atoms with E-state index in [9.17, 15) is 9.00 Å². The maximum absolute atomic E-state index is 11.6. The predicted molar refractivity (Wildman–Crippen MR) is 82.8 cm³/mol. The van der Waals surface area contributed by atoms with Gasteiger partial charge in [0, 0.05) is 27.1 Å². The minimum Gasteiger partial charge on any atom is -0.369 e. The zero-order chi connectivity index (χ0) is 14.5. The molecule has 0 heterocycles. The van der Waals surface area contributed by atoms with Crippen molar-refractivity contribution in [2.45, 2.75) is 5.75 Å². The third-order valence-corrected chi connectivity index (χ3v) is 4.36. The fraction of sp³-hybridized carbons (Fsp3) is 0.133. The van der Waals surface area contributed by atoms with E-state index >= 15 is 0 Å². The number of hydrogen-bond acceptors (Lipinski definition) is 2. The Bertz CT molecular complexity index is 641. The average Bonchev–Trinajstić information content (AvgIpc) is 2.39. The van der Waals surface area contributed by atoms with Crippen LogP contribution in [0.3, 0.4) is 0 Å². The zero-order valence-electron chi connectivity index (χ0n) is 10.7. The number of hydrogen-bond donors (Lipinski definition) is 1. The van der Waals surface area contributed by atoms with E-state index in [-0.39, 0.29) is 5.75 Å². The maximum atomic E-state index is 11.6. The van der Waals surface area contributed by atoms with Crippen molar-refractivity contribution in [3.63, 3.8) is 0 Å². The van der Waals surface area contributed by atoms with Gasteiger partial charge in [0.05, 0.1) is 0 Å². The summed E-state index contributed by atoms with van der Waals surface area (Å²) in [5.41, 5.74) is 7.88. The molecule has 0 saturated heterocycles. The second kappa shape index (κ2) is 6.68. The Morgan fingerprint density at radius 2 is 1.75 bits per heavy atom. The van der Waals surface area contributed by atoms with Crippen LogP contribution in [0.1, 0.15) is 5.56 Å². The van der Waals surface area contributed by atoms with E-state index in [1.54, 1.807) is 0 Å². The molecule has 0 saturated carbocycles. The van der Waals surface area contributed by atoms with Gasteiger partial charge in [-0.15, -0.1) is 0 Å². The van der Waals surface area contributed by atoms with E-state index in [2.05, 4.69) is 0 Å². The molecule has 2 aromatic carbocycles. The van der Waals surface area contributed by atoms with Crippen molar-refractivity contribution in [1.82, 2.24) is 0 Å². The molecule has 0 unspecified atom stereocenters. The fourth-order valence-electron chi connectivity index (χ4n) is 1.87. The van der Waals surface area contributed by atoms with Gasteiger partial charge in [-0.2, -0.15) is 0 Å². The number of amides is 1. The lowest BCUT2D eigenvalue weighted by molar-refractivity contribution is -0.115. The molecule has 5 heteroatoms. The molecule has 1 atom stereocenters. The number of halogens is 1. The second-order valence-electron chi connectivity index (χ2n) is 4.37. The maximum Gasteiger partial charge on any atom is 0.230 e. The normalized spacial score (nSPS) is 12.1. The van der Waals surface area contributed by atoms with Gasteiger partial charge in [-0.25, -0.2) is 0 Å². The molecule has 0 aliphatic carbocycles. The highest BCUT2D eigenvalue weighted by Crippen LogP contribution is 2.27. The van der Waals surface area contributed by atoms with Crippen molar-refractivity contribution >= 4 is 28.3 Å². The van der Waals surface area contributed by atoms with Gasteiger partial charge in [0.2, 0.25) is 5.91 Å². The Hall–Kier alpha value is -1.65. The quantitative estimate of drug-likeness (QED) is 0.923. The highest BCUT2D eigenvalue weighted by Gasteiger charge is 2.07. The summed E-state index contributed by atoms with van der Waals surface area (Å²) in [6, 6.07) is 15.2. The second-order valence-corrected chi connectivity index (χ2v) is 6.24. The van der Waals surface area contributed by atoms with Crippen molar-refractivity contribution in [3.05, 3.63) is 59.1 Å². The standard InChI is InChI=1S/C15H14ClNO2S/c16-14-4-2-1-3-13(14)12-7-5-11(6-8-12)9-20(19)10-15(17)18/h1-8H,9-10H2,(H2,17,18)/t20-/m0/s1. The van der Waals surface area contributed by atoms with Crippen LogP contribution in [-0.2, 0) is 21.3 Å². The molecular weight excluding hydrogens is 294 g/mol. The average molecular weight is 308 g/mol. The summed E-state index contributed by atoms with van der Waals surface area (Å²) in [6.07, 6.45) is 0. The van der Waals surface area contributed by atoms with E-state index < -0.39 is 16.7 Å². The zero-order valence-corrected chi connectivity index (χ0v) is 12.3. The van der Waals surface area contributed by atoms with Crippen LogP contribution in [0.2, 0.25) is 5.02 Å². The molecule has 0 spiro atoms. The summed E-state index contributed by atoms with van der Waals surface area (Å²) in [5.74, 6) is -0.325. The Balaban J connectivity index is 2.13. The molecule has 0 bridgehead atoms. The first-order valence-corrected chi connectivity index (χ1v) is 7.90. The summed E-state index contributed by atoms with van der Waals surface area (Å²) < 4.78 is 11.6. The van der Waals surface area contributed by atoms with Gasteiger partial charge in [0.25, 0.3) is 0 Å². The predicted octanol–water partition coefficient (Wildman–Crippen LogP) is 2.74. The van der Waals surface area contributed by atoms with Crippen LogP contribution in [0.25, 0.3) is 11.1 Å². The summed E-state index contributed by atoms with van der Waals surface area (Å²) in [7, 11) is -1.26. The van der Waals surface area contributed by atoms with Gasteiger partial charge >= 0.3 is 0 Å². The molecule has 104 valence electrons. The van der Waals surface area contributed by atoms with Gasteiger partial charge in [0.1, 0.15) is 5.75 Å². The summed E-state index contributed by atoms with van der Waals surface area (Å²) in [5, 5.41) is 0.692. The summed E-state index contributed by atoms with van der Waals surface area (Å²) >= 11 is 6.14. The van der Waals surface area contributed by atoms with Gasteiger partial charge in [0.15, 0.2) is 0 Å². The molecule has 0 radical (unpaired) electrons. The number of benzene rings is 2. The van der Waals surface area contributed by atoms with Crippen LogP contribution in [-0.4, -0.2) is 15.9 Å². The van der Waals surface area contributed by atoms with Crippen LogP contribution in [0.4, 0.5) is 0 Å². The first-order valence-electron chi connectivity index (χ1n) is 6.03. The Morgan fingerprint density at radius 3 is 2.35 bits per heavy atom. The molecule has 3 nitrogen and oxygen atoms in total. The molecule has 1 amide bonds. The topological polar surface area (TPSA) is 60.2 Å². The van der Waals surface area contributed by atoms with E-state index in [0.717, 1.165) is 16.7 Å². The van der Waals surface area contributed by atoms with E-state index in [4.69, 9.17) is 17.3 Å². The van der Waals surface area contributed by atoms with Crippen molar-refractivity contribution in [2.24, 2.45) is 5.73 Å². The lowest BCUT2D eigenvalue weighted by atomic mass is 10.0. The van der Waals surface area contributed by atoms with Gasteiger partial charge in [-0.1, -0.05) is 54.1 Å². The Kier molecular flexibility index (Phi) is 4.93. The molecule has 0 aliphatic heterocycles. The SMILES string of the molecule is NC(=O)C[S@@](=O)Cc1ccc(-c2ccccc2Cl)cc1. The molecule has 0 aliphatic rings. The molecule has 0 fully saturated rings. The molecule has 2 aromatic rings. The monoisotopic (exact) mass is 307 g/mol. The van der Waals surface area contributed by atoms with Crippen LogP contribution in [0.15, 0.2) is 48.5 Å². The Morgan fingerprint density at radius 1 is 1.10 bits per heavy atom. The largest absolute Gasteiger partial charge is 0.369 e. The smallest absolute Gasteiger partial charge is 0.230 e. The number of carbonyl (C=O) groups is 1. The van der Waals surface area contributed by atoms with Crippen LogP contribution in [0.5, 0.6) is 0 Å². The van der Waals surface area contributed by atoms with Crippen LogP contribution < -0.4 is 5.73 Å². The van der Waals surface area contributed by atoms with Crippen LogP contribution in [0, 0.1) is 0 Å².